The number of hydrogen-bond acceptors (Lipinski definition) is 4. The van der Waals surface area contributed by atoms with Crippen LogP contribution in [0.25, 0.3) is 0 Å². The molecular formula is C25H25BrN2O4S. The number of sulfonamides is 1. The number of carbonyl (C=O) groups excluding carboxylic acids is 1. The number of amides is 1. The first-order chi connectivity index (χ1) is 15.9. The summed E-state index contributed by atoms with van der Waals surface area (Å²) in [5, 5.41) is 2.93. The van der Waals surface area contributed by atoms with Gasteiger partial charge in [0.25, 0.3) is 0 Å². The molecule has 0 spiro atoms. The third-order valence-corrected chi connectivity index (χ3v) is 7.90. The highest BCUT2D eigenvalue weighted by Crippen LogP contribution is 2.26. The molecule has 1 saturated heterocycles. The van der Waals surface area contributed by atoms with E-state index in [4.69, 9.17) is 4.74 Å². The second kappa shape index (κ2) is 10.5. The van der Waals surface area contributed by atoms with Crippen molar-refractivity contribution in [2.75, 3.05) is 18.4 Å². The van der Waals surface area contributed by atoms with Gasteiger partial charge in [0.05, 0.1) is 5.75 Å². The van der Waals surface area contributed by atoms with Crippen LogP contribution in [-0.2, 0) is 20.6 Å². The summed E-state index contributed by atoms with van der Waals surface area (Å²) in [6, 6.07) is 24.0. The van der Waals surface area contributed by atoms with Crippen LogP contribution in [0.3, 0.4) is 0 Å². The summed E-state index contributed by atoms with van der Waals surface area (Å²) in [6.07, 6.45) is 0.998. The van der Waals surface area contributed by atoms with Gasteiger partial charge in [-0.2, -0.15) is 0 Å². The fourth-order valence-corrected chi connectivity index (χ4v) is 5.80. The van der Waals surface area contributed by atoms with Crippen LogP contribution in [0.5, 0.6) is 11.5 Å². The third-order valence-electron chi connectivity index (χ3n) is 5.56. The van der Waals surface area contributed by atoms with Gasteiger partial charge in [-0.15, -0.1) is 0 Å². The van der Waals surface area contributed by atoms with Gasteiger partial charge in [0.15, 0.2) is 0 Å². The first-order valence-corrected chi connectivity index (χ1v) is 13.2. The van der Waals surface area contributed by atoms with Crippen molar-refractivity contribution in [2.24, 2.45) is 5.92 Å². The lowest BCUT2D eigenvalue weighted by Crippen LogP contribution is -2.41. The van der Waals surface area contributed by atoms with Gasteiger partial charge >= 0.3 is 0 Å². The maximum Gasteiger partial charge on any atom is 0.227 e. The molecule has 0 atom stereocenters. The average Bonchev–Trinajstić information content (AvgIpc) is 2.81. The number of anilines is 1. The number of para-hydroxylation sites is 1. The van der Waals surface area contributed by atoms with Crippen molar-refractivity contribution >= 4 is 37.5 Å². The molecule has 6 nitrogen and oxygen atoms in total. The lowest BCUT2D eigenvalue weighted by molar-refractivity contribution is -0.120. The predicted octanol–water partition coefficient (Wildman–Crippen LogP) is 5.42. The molecule has 0 aliphatic carbocycles. The second-order valence-corrected chi connectivity index (χ2v) is 10.9. The fourth-order valence-electron chi connectivity index (χ4n) is 3.80. The molecule has 1 aliphatic rings. The van der Waals surface area contributed by atoms with E-state index in [1.165, 1.54) is 4.31 Å². The van der Waals surface area contributed by atoms with Crippen LogP contribution in [0.15, 0.2) is 83.3 Å². The zero-order valence-electron chi connectivity index (χ0n) is 18.0. The van der Waals surface area contributed by atoms with Gasteiger partial charge in [0.1, 0.15) is 11.5 Å². The number of ether oxygens (including phenoxy) is 1. The third kappa shape index (κ3) is 6.43. The van der Waals surface area contributed by atoms with Crippen molar-refractivity contribution in [1.82, 2.24) is 4.31 Å². The van der Waals surface area contributed by atoms with Crippen LogP contribution in [0.2, 0.25) is 0 Å². The Morgan fingerprint density at radius 2 is 1.61 bits per heavy atom. The van der Waals surface area contributed by atoms with Crippen molar-refractivity contribution in [1.29, 1.82) is 0 Å². The predicted molar refractivity (Wildman–Crippen MR) is 133 cm³/mol. The molecular weight excluding hydrogens is 504 g/mol. The zero-order valence-corrected chi connectivity index (χ0v) is 20.4. The molecule has 0 unspecified atom stereocenters. The molecule has 0 aromatic heterocycles. The lowest BCUT2D eigenvalue weighted by atomic mass is 9.97. The highest BCUT2D eigenvalue weighted by atomic mass is 79.9. The molecule has 1 aliphatic heterocycles. The van der Waals surface area contributed by atoms with Crippen molar-refractivity contribution in [3.63, 3.8) is 0 Å². The Kier molecular flexibility index (Phi) is 7.47. The van der Waals surface area contributed by atoms with E-state index < -0.39 is 10.0 Å². The molecule has 33 heavy (non-hydrogen) atoms. The quantitative estimate of drug-likeness (QED) is 0.444. The number of carbonyl (C=O) groups is 1. The van der Waals surface area contributed by atoms with Crippen LogP contribution in [-0.4, -0.2) is 31.7 Å². The number of rotatable bonds is 7. The molecule has 4 rings (SSSR count). The Balaban J connectivity index is 1.28. The summed E-state index contributed by atoms with van der Waals surface area (Å²) in [5.74, 6) is 1.08. The second-order valence-electron chi connectivity index (χ2n) is 7.99. The van der Waals surface area contributed by atoms with Gasteiger partial charge in [0, 0.05) is 29.2 Å². The van der Waals surface area contributed by atoms with E-state index in [-0.39, 0.29) is 17.6 Å². The molecule has 1 heterocycles. The highest BCUT2D eigenvalue weighted by Gasteiger charge is 2.31. The summed E-state index contributed by atoms with van der Waals surface area (Å²) in [5.41, 5.74) is 1.43. The van der Waals surface area contributed by atoms with Crippen LogP contribution in [0.1, 0.15) is 18.4 Å². The first kappa shape index (κ1) is 23.5. The van der Waals surface area contributed by atoms with Crippen molar-refractivity contribution in [2.45, 2.75) is 18.6 Å². The first-order valence-electron chi connectivity index (χ1n) is 10.8. The number of nitrogens with one attached hydrogen (secondary N) is 1. The van der Waals surface area contributed by atoms with E-state index in [1.807, 2.05) is 48.5 Å². The van der Waals surface area contributed by atoms with Crippen LogP contribution in [0.4, 0.5) is 5.69 Å². The SMILES string of the molecule is O=C(Nc1ccc(Oc2ccccc2)cc1)C1CCN(S(=O)(=O)Cc2cccc(Br)c2)CC1. The molecule has 0 saturated carbocycles. The molecule has 1 N–H and O–H groups in total. The number of piperidine rings is 1. The molecule has 0 radical (unpaired) electrons. The van der Waals surface area contributed by atoms with E-state index in [9.17, 15) is 13.2 Å². The Labute approximate surface area is 202 Å². The molecule has 0 bridgehead atoms. The Morgan fingerprint density at radius 3 is 2.27 bits per heavy atom. The average molecular weight is 529 g/mol. The summed E-state index contributed by atoms with van der Waals surface area (Å²) < 4.78 is 33.7. The zero-order chi connectivity index (χ0) is 23.3. The Hall–Kier alpha value is -2.68. The summed E-state index contributed by atoms with van der Waals surface area (Å²) in [6.45, 7) is 0.691. The van der Waals surface area contributed by atoms with Crippen molar-refractivity contribution in [3.05, 3.63) is 88.9 Å². The minimum atomic E-state index is -3.42. The summed E-state index contributed by atoms with van der Waals surface area (Å²) in [7, 11) is -3.42. The minimum absolute atomic E-state index is 0.0410. The standard InChI is InChI=1S/C25H25BrN2O4S/c26-21-6-4-5-19(17-21)18-33(30,31)28-15-13-20(14-16-28)25(29)27-22-9-11-24(12-10-22)32-23-7-2-1-3-8-23/h1-12,17,20H,13-16,18H2,(H,27,29). The molecule has 3 aromatic carbocycles. The highest BCUT2D eigenvalue weighted by molar-refractivity contribution is 9.10. The lowest BCUT2D eigenvalue weighted by Gasteiger charge is -2.30. The topological polar surface area (TPSA) is 75.7 Å². The van der Waals surface area contributed by atoms with E-state index in [0.29, 0.717) is 37.4 Å². The Bertz CT molecular complexity index is 1190. The maximum atomic E-state index is 12.8. The maximum absolute atomic E-state index is 12.8. The number of halogens is 1. The van der Waals surface area contributed by atoms with Gasteiger partial charge in [-0.1, -0.05) is 46.3 Å². The molecule has 1 amide bonds. The van der Waals surface area contributed by atoms with E-state index in [1.54, 1.807) is 30.3 Å². The molecule has 3 aromatic rings. The van der Waals surface area contributed by atoms with Gasteiger partial charge in [-0.3, -0.25) is 4.79 Å². The van der Waals surface area contributed by atoms with Crippen LogP contribution in [0, 0.1) is 5.92 Å². The van der Waals surface area contributed by atoms with E-state index in [2.05, 4.69) is 21.2 Å². The van der Waals surface area contributed by atoms with Crippen molar-refractivity contribution < 1.29 is 17.9 Å². The molecule has 172 valence electrons. The molecule has 8 heteroatoms. The summed E-state index contributed by atoms with van der Waals surface area (Å²) >= 11 is 3.38. The molecule has 1 fully saturated rings. The van der Waals surface area contributed by atoms with E-state index in [0.717, 1.165) is 15.8 Å². The Morgan fingerprint density at radius 1 is 0.939 bits per heavy atom. The van der Waals surface area contributed by atoms with Gasteiger partial charge < -0.3 is 10.1 Å². The van der Waals surface area contributed by atoms with Gasteiger partial charge in [-0.05, 0) is 66.9 Å². The van der Waals surface area contributed by atoms with Crippen molar-refractivity contribution in [3.8, 4) is 11.5 Å². The normalized spacial score (nSPS) is 15.2. The number of hydrogen-bond donors (Lipinski definition) is 1. The smallest absolute Gasteiger partial charge is 0.227 e. The number of benzene rings is 3. The van der Waals surface area contributed by atoms with Crippen LogP contribution < -0.4 is 10.1 Å². The minimum Gasteiger partial charge on any atom is -0.457 e. The number of nitrogens with zero attached hydrogens (tertiary/aromatic N) is 1. The van der Waals surface area contributed by atoms with Gasteiger partial charge in [-0.25, -0.2) is 12.7 Å². The summed E-state index contributed by atoms with van der Waals surface area (Å²) in [4.78, 5) is 12.7. The van der Waals surface area contributed by atoms with E-state index >= 15 is 0 Å². The van der Waals surface area contributed by atoms with Crippen LogP contribution >= 0.6 is 15.9 Å². The largest absolute Gasteiger partial charge is 0.457 e. The van der Waals surface area contributed by atoms with Gasteiger partial charge in [0.2, 0.25) is 15.9 Å². The fraction of sp³-hybridized carbons (Fsp3) is 0.240. The monoisotopic (exact) mass is 528 g/mol.